The smallest absolute Gasteiger partial charge is 0.253 e. The molecule has 40 heavy (non-hydrogen) atoms. The molecule has 4 aromatic carbocycles. The quantitative estimate of drug-likeness (QED) is 0.280. The zero-order valence-electron chi connectivity index (χ0n) is 22.7. The molecule has 0 saturated heterocycles. The van der Waals surface area contributed by atoms with Crippen LogP contribution in [0.2, 0.25) is 0 Å². The van der Waals surface area contributed by atoms with Crippen LogP contribution in [0.5, 0.6) is 0 Å². The molecule has 0 aliphatic carbocycles. The maximum Gasteiger partial charge on any atom is 0.253 e. The van der Waals surface area contributed by atoms with Crippen molar-refractivity contribution >= 4 is 28.1 Å². The van der Waals surface area contributed by atoms with Crippen LogP contribution < -0.4 is 21.1 Å². The molecule has 0 fully saturated rings. The van der Waals surface area contributed by atoms with E-state index in [1.165, 1.54) is 0 Å². The van der Waals surface area contributed by atoms with Crippen LogP contribution in [0, 0.1) is 6.92 Å². The van der Waals surface area contributed by atoms with Crippen LogP contribution >= 0.6 is 0 Å². The Bertz CT molecular complexity index is 1910. The highest BCUT2D eigenvalue weighted by atomic mass is 16.2. The maximum atomic E-state index is 12.3. The number of anilines is 3. The zero-order valence-corrected chi connectivity index (χ0v) is 22.7. The van der Waals surface area contributed by atoms with Crippen molar-refractivity contribution in [2.75, 3.05) is 24.3 Å². The van der Waals surface area contributed by atoms with Crippen molar-refractivity contribution in [2.24, 2.45) is 0 Å². The lowest BCUT2D eigenvalue weighted by molar-refractivity contribution is 0.753. The molecule has 0 saturated carbocycles. The van der Waals surface area contributed by atoms with Gasteiger partial charge in [0.2, 0.25) is 5.82 Å². The lowest BCUT2D eigenvalue weighted by Crippen LogP contribution is -2.39. The van der Waals surface area contributed by atoms with E-state index in [-0.39, 0.29) is 0 Å². The molecule has 10 heteroatoms. The Kier molecular flexibility index (Phi) is 6.22. The van der Waals surface area contributed by atoms with E-state index in [2.05, 4.69) is 61.7 Å². The molecule has 2 heterocycles. The van der Waals surface area contributed by atoms with Gasteiger partial charge in [-0.2, -0.15) is 5.21 Å². The first-order valence-corrected chi connectivity index (χ1v) is 13.0. The van der Waals surface area contributed by atoms with Gasteiger partial charge in [-0.25, -0.2) is 4.98 Å². The van der Waals surface area contributed by atoms with Gasteiger partial charge in [0, 0.05) is 38.3 Å². The molecule has 0 amide bonds. The van der Waals surface area contributed by atoms with Crippen LogP contribution in [0.3, 0.4) is 0 Å². The normalized spacial score (nSPS) is 11.4. The predicted molar refractivity (Wildman–Crippen MR) is 157 cm³/mol. The first-order chi connectivity index (χ1) is 19.4. The van der Waals surface area contributed by atoms with E-state index >= 15 is 0 Å². The van der Waals surface area contributed by atoms with Gasteiger partial charge in [-0.05, 0) is 46.5 Å². The third-order valence-electron chi connectivity index (χ3n) is 7.16. The first-order valence-electron chi connectivity index (χ1n) is 13.0. The number of aromatic amines is 1. The molecule has 0 aliphatic rings. The molecule has 0 atom stereocenters. The Labute approximate surface area is 230 Å². The van der Waals surface area contributed by atoms with Gasteiger partial charge in [0.05, 0.1) is 11.0 Å². The molecular formula is C30H28N8O2. The lowest BCUT2D eigenvalue weighted by Gasteiger charge is -2.19. The molecule has 10 nitrogen and oxygen atoms in total. The highest BCUT2D eigenvalue weighted by Crippen LogP contribution is 2.31. The van der Waals surface area contributed by atoms with Crippen molar-refractivity contribution in [3.8, 4) is 22.5 Å². The van der Waals surface area contributed by atoms with Gasteiger partial charge in [-0.1, -0.05) is 55.5 Å². The third-order valence-corrected chi connectivity index (χ3v) is 7.16. The van der Waals surface area contributed by atoms with Crippen molar-refractivity contribution in [1.82, 2.24) is 30.2 Å². The summed E-state index contributed by atoms with van der Waals surface area (Å²) in [5.41, 5.74) is 7.51. The van der Waals surface area contributed by atoms with Crippen molar-refractivity contribution < 1.29 is 0 Å². The number of benzene rings is 3. The number of aryl methyl sites for hydroxylation is 2. The van der Waals surface area contributed by atoms with Gasteiger partial charge in [-0.3, -0.25) is 9.59 Å². The summed E-state index contributed by atoms with van der Waals surface area (Å²) in [7, 11) is 3.51. The van der Waals surface area contributed by atoms with Crippen molar-refractivity contribution in [3.63, 3.8) is 0 Å². The second kappa shape index (κ2) is 9.88. The van der Waals surface area contributed by atoms with E-state index in [1.807, 2.05) is 43.3 Å². The van der Waals surface area contributed by atoms with Gasteiger partial charge in [0.15, 0.2) is 0 Å². The molecule has 0 aliphatic heterocycles. The van der Waals surface area contributed by atoms with Gasteiger partial charge in [-0.15, -0.1) is 10.2 Å². The van der Waals surface area contributed by atoms with Crippen LogP contribution in [0.25, 0.3) is 33.5 Å². The summed E-state index contributed by atoms with van der Waals surface area (Å²) in [6.45, 7) is 4.74. The van der Waals surface area contributed by atoms with Crippen LogP contribution in [0.1, 0.15) is 23.9 Å². The number of H-pyrrole nitrogens is 1. The van der Waals surface area contributed by atoms with Crippen molar-refractivity contribution in [1.29, 1.82) is 0 Å². The van der Waals surface area contributed by atoms with E-state index in [0.717, 1.165) is 56.8 Å². The molecule has 2 N–H and O–H groups in total. The van der Waals surface area contributed by atoms with Gasteiger partial charge < -0.3 is 14.8 Å². The second-order valence-corrected chi connectivity index (χ2v) is 10.0. The summed E-state index contributed by atoms with van der Waals surface area (Å²) in [6, 6.07) is 20.4. The number of tetrazole rings is 1. The van der Waals surface area contributed by atoms with Crippen molar-refractivity contribution in [3.05, 3.63) is 98.1 Å². The molecule has 0 bridgehead atoms. The van der Waals surface area contributed by atoms with Crippen molar-refractivity contribution in [2.45, 2.75) is 26.8 Å². The van der Waals surface area contributed by atoms with Crippen LogP contribution in [0.4, 0.5) is 17.1 Å². The van der Waals surface area contributed by atoms with E-state index in [1.54, 1.807) is 19.0 Å². The highest BCUT2D eigenvalue weighted by molar-refractivity contribution is 5.87. The molecule has 200 valence electrons. The summed E-state index contributed by atoms with van der Waals surface area (Å²) in [5.74, 6) is 1.53. The summed E-state index contributed by atoms with van der Waals surface area (Å²) < 4.78 is 2.21. The SMILES string of the molecule is CCc1nc2c(C)cc(Nc3c(N(C)C)c(=O)c3=O)cc2n1Cc1ccc(-c2ccccc2-c2nn[nH]n2)cc1. The molecule has 0 unspecified atom stereocenters. The molecule has 0 spiro atoms. The minimum Gasteiger partial charge on any atom is -0.373 e. The van der Waals surface area contributed by atoms with Crippen LogP contribution in [0.15, 0.2) is 70.3 Å². The van der Waals surface area contributed by atoms with E-state index < -0.39 is 10.9 Å². The monoisotopic (exact) mass is 532 g/mol. The van der Waals surface area contributed by atoms with Crippen LogP contribution in [-0.4, -0.2) is 44.3 Å². The Morgan fingerprint density at radius 3 is 2.40 bits per heavy atom. The molecule has 2 aromatic heterocycles. The summed E-state index contributed by atoms with van der Waals surface area (Å²) in [6.07, 6.45) is 0.774. The number of fused-ring (bicyclic) bond motifs is 1. The Morgan fingerprint density at radius 2 is 1.73 bits per heavy atom. The number of nitrogens with zero attached hydrogens (tertiary/aromatic N) is 6. The number of imidazole rings is 1. The lowest BCUT2D eigenvalue weighted by atomic mass is 9.98. The maximum absolute atomic E-state index is 12.3. The number of aromatic nitrogens is 6. The summed E-state index contributed by atoms with van der Waals surface area (Å²) in [5, 5.41) is 17.7. The highest BCUT2D eigenvalue weighted by Gasteiger charge is 2.23. The fraction of sp³-hybridized carbons (Fsp3) is 0.200. The number of rotatable bonds is 8. The largest absolute Gasteiger partial charge is 0.373 e. The second-order valence-electron chi connectivity index (χ2n) is 10.0. The zero-order chi connectivity index (χ0) is 28.0. The Hall–Kier alpha value is -5.12. The van der Waals surface area contributed by atoms with Crippen LogP contribution in [-0.2, 0) is 13.0 Å². The molecule has 6 rings (SSSR count). The summed E-state index contributed by atoms with van der Waals surface area (Å²) >= 11 is 0. The molecular weight excluding hydrogens is 504 g/mol. The number of hydrogen-bond donors (Lipinski definition) is 2. The standard InChI is InChI=1S/C30H28N8O2/c1-5-24-32-25-17(2)14-20(31-26-27(37(3)4)29(40)28(26)39)15-23(25)38(24)16-18-10-12-19(13-11-18)21-8-6-7-9-22(21)30-33-35-36-34-30/h6-15,31H,5,16H2,1-4H3,(H,33,34,35,36). The Morgan fingerprint density at radius 1 is 0.975 bits per heavy atom. The molecule has 0 radical (unpaired) electrons. The van der Waals surface area contributed by atoms with E-state index in [9.17, 15) is 9.59 Å². The average Bonchev–Trinajstić information content (AvgIpc) is 3.62. The predicted octanol–water partition coefficient (Wildman–Crippen LogP) is 4.21. The first kappa shape index (κ1) is 25.2. The Balaban J connectivity index is 1.34. The van der Waals surface area contributed by atoms with Gasteiger partial charge >= 0.3 is 0 Å². The topological polar surface area (TPSA) is 122 Å². The average molecular weight is 533 g/mol. The minimum atomic E-state index is -0.495. The van der Waals surface area contributed by atoms with E-state index in [4.69, 9.17) is 4.98 Å². The number of hydrogen-bond acceptors (Lipinski definition) is 8. The third kappa shape index (κ3) is 4.23. The summed E-state index contributed by atoms with van der Waals surface area (Å²) in [4.78, 5) is 30.9. The fourth-order valence-electron chi connectivity index (χ4n) is 5.20. The fourth-order valence-corrected chi connectivity index (χ4v) is 5.20. The van der Waals surface area contributed by atoms with Gasteiger partial charge in [0.1, 0.15) is 17.2 Å². The minimum absolute atomic E-state index is 0.326. The number of nitrogens with one attached hydrogen (secondary N) is 2. The van der Waals surface area contributed by atoms with E-state index in [0.29, 0.717) is 23.7 Å². The molecule has 6 aromatic rings. The van der Waals surface area contributed by atoms with Gasteiger partial charge in [0.25, 0.3) is 10.9 Å².